The molecule has 2 aromatic rings. The van der Waals surface area contributed by atoms with Gasteiger partial charge in [-0.2, -0.15) is 5.26 Å². The predicted molar refractivity (Wildman–Crippen MR) is 76.8 cm³/mol. The van der Waals surface area contributed by atoms with Crippen molar-refractivity contribution in [3.05, 3.63) is 62.1 Å². The van der Waals surface area contributed by atoms with Gasteiger partial charge in [-0.25, -0.2) is 0 Å². The Morgan fingerprint density at radius 2 is 2.05 bits per heavy atom. The van der Waals surface area contributed by atoms with E-state index in [0.717, 1.165) is 5.56 Å². The summed E-state index contributed by atoms with van der Waals surface area (Å²) in [6.07, 6.45) is 0. The van der Waals surface area contributed by atoms with Gasteiger partial charge in [0, 0.05) is 10.5 Å². The van der Waals surface area contributed by atoms with E-state index in [1.807, 2.05) is 19.1 Å². The van der Waals surface area contributed by atoms with Crippen LogP contribution in [0.4, 0.5) is 5.69 Å². The molecule has 2 aromatic carbocycles. The maximum atomic E-state index is 10.8. The number of nitro groups is 1. The van der Waals surface area contributed by atoms with Crippen LogP contribution in [-0.4, -0.2) is 4.92 Å². The first-order chi connectivity index (χ1) is 9.49. The van der Waals surface area contributed by atoms with E-state index >= 15 is 0 Å². The Labute approximate surface area is 123 Å². The Bertz CT molecular complexity index is 723. The second-order valence-corrected chi connectivity index (χ2v) is 5.03. The average molecular weight is 333 g/mol. The minimum Gasteiger partial charge on any atom is -0.456 e. The smallest absolute Gasteiger partial charge is 0.274 e. The molecule has 20 heavy (non-hydrogen) atoms. The normalized spacial score (nSPS) is 9.85. The Hall–Kier alpha value is -2.39. The Morgan fingerprint density at radius 3 is 2.70 bits per heavy atom. The van der Waals surface area contributed by atoms with E-state index in [1.54, 1.807) is 18.2 Å². The highest BCUT2D eigenvalue weighted by Crippen LogP contribution is 2.31. The molecule has 0 aromatic heterocycles. The van der Waals surface area contributed by atoms with Gasteiger partial charge in [-0.3, -0.25) is 10.1 Å². The van der Waals surface area contributed by atoms with E-state index in [0.29, 0.717) is 21.5 Å². The summed E-state index contributed by atoms with van der Waals surface area (Å²) < 4.78 is 6.10. The molecule has 0 spiro atoms. The molecule has 0 unspecified atom stereocenters. The van der Waals surface area contributed by atoms with Crippen molar-refractivity contribution in [3.8, 4) is 17.6 Å². The molecule has 0 amide bonds. The van der Waals surface area contributed by atoms with Gasteiger partial charge in [-0.15, -0.1) is 0 Å². The van der Waals surface area contributed by atoms with Crippen LogP contribution in [0.15, 0.2) is 40.9 Å². The summed E-state index contributed by atoms with van der Waals surface area (Å²) in [4.78, 5) is 10.3. The molecule has 0 saturated heterocycles. The van der Waals surface area contributed by atoms with Gasteiger partial charge in [-0.1, -0.05) is 22.0 Å². The number of hydrogen-bond donors (Lipinski definition) is 0. The molecule has 0 atom stereocenters. The standard InChI is InChI=1S/C14H9BrN2O3/c1-9-2-3-14(10(4-9)8-16)20-13-6-11(15)5-12(7-13)17(18)19/h2-7H,1H3. The minimum absolute atomic E-state index is 0.0833. The first kappa shape index (κ1) is 14.0. The monoisotopic (exact) mass is 332 g/mol. The van der Waals surface area contributed by atoms with Crippen LogP contribution in [0.1, 0.15) is 11.1 Å². The van der Waals surface area contributed by atoms with E-state index in [-0.39, 0.29) is 5.69 Å². The van der Waals surface area contributed by atoms with Gasteiger partial charge in [0.15, 0.2) is 0 Å². The number of ether oxygens (including phenoxy) is 1. The van der Waals surface area contributed by atoms with Crippen molar-refractivity contribution < 1.29 is 9.66 Å². The molecule has 0 heterocycles. The van der Waals surface area contributed by atoms with Gasteiger partial charge in [0.25, 0.3) is 5.69 Å². The van der Waals surface area contributed by atoms with Gasteiger partial charge in [0.2, 0.25) is 0 Å². The summed E-state index contributed by atoms with van der Waals surface area (Å²) in [5, 5.41) is 19.9. The molecule has 0 radical (unpaired) electrons. The zero-order valence-corrected chi connectivity index (χ0v) is 12.0. The van der Waals surface area contributed by atoms with E-state index in [4.69, 9.17) is 10.00 Å². The summed E-state index contributed by atoms with van der Waals surface area (Å²) in [7, 11) is 0. The summed E-state index contributed by atoms with van der Waals surface area (Å²) in [6, 6.07) is 11.5. The van der Waals surface area contributed by atoms with Crippen molar-refractivity contribution >= 4 is 21.6 Å². The maximum absolute atomic E-state index is 10.8. The van der Waals surface area contributed by atoms with E-state index in [2.05, 4.69) is 15.9 Å². The van der Waals surface area contributed by atoms with E-state index < -0.39 is 4.92 Å². The fourth-order valence-corrected chi connectivity index (χ4v) is 2.12. The maximum Gasteiger partial charge on any atom is 0.274 e. The van der Waals surface area contributed by atoms with Gasteiger partial charge in [-0.05, 0) is 30.7 Å². The fourth-order valence-electron chi connectivity index (χ4n) is 1.66. The highest BCUT2D eigenvalue weighted by atomic mass is 79.9. The molecule has 5 nitrogen and oxygen atoms in total. The van der Waals surface area contributed by atoms with E-state index in [1.165, 1.54) is 12.1 Å². The van der Waals surface area contributed by atoms with Crippen LogP contribution in [0.25, 0.3) is 0 Å². The van der Waals surface area contributed by atoms with Crippen molar-refractivity contribution in [1.29, 1.82) is 5.26 Å². The highest BCUT2D eigenvalue weighted by molar-refractivity contribution is 9.10. The van der Waals surface area contributed by atoms with Gasteiger partial charge >= 0.3 is 0 Å². The van der Waals surface area contributed by atoms with Crippen molar-refractivity contribution in [2.75, 3.05) is 0 Å². The molecule has 0 aliphatic carbocycles. The third-order valence-electron chi connectivity index (χ3n) is 2.55. The van der Waals surface area contributed by atoms with Crippen LogP contribution in [0.5, 0.6) is 11.5 Å². The fraction of sp³-hybridized carbons (Fsp3) is 0.0714. The first-order valence-corrected chi connectivity index (χ1v) is 6.42. The van der Waals surface area contributed by atoms with Crippen molar-refractivity contribution in [3.63, 3.8) is 0 Å². The average Bonchev–Trinajstić information content (AvgIpc) is 2.40. The topological polar surface area (TPSA) is 76.2 Å². The number of non-ortho nitro benzene ring substituents is 1. The number of rotatable bonds is 3. The lowest BCUT2D eigenvalue weighted by atomic mass is 10.1. The zero-order chi connectivity index (χ0) is 14.7. The summed E-state index contributed by atoms with van der Waals surface area (Å²) in [6.45, 7) is 1.87. The highest BCUT2D eigenvalue weighted by Gasteiger charge is 2.11. The second kappa shape index (κ2) is 5.72. The molecule has 0 N–H and O–H groups in total. The number of nitro benzene ring substituents is 1. The molecule has 0 aliphatic heterocycles. The number of hydrogen-bond acceptors (Lipinski definition) is 4. The first-order valence-electron chi connectivity index (χ1n) is 5.63. The molecule has 2 rings (SSSR count). The number of nitriles is 1. The van der Waals surface area contributed by atoms with Crippen LogP contribution in [0.3, 0.4) is 0 Å². The summed E-state index contributed by atoms with van der Waals surface area (Å²) in [5.41, 5.74) is 1.24. The summed E-state index contributed by atoms with van der Waals surface area (Å²) in [5.74, 6) is 0.664. The largest absolute Gasteiger partial charge is 0.456 e. The van der Waals surface area contributed by atoms with Crippen LogP contribution >= 0.6 is 15.9 Å². The van der Waals surface area contributed by atoms with E-state index in [9.17, 15) is 10.1 Å². The molecule has 0 saturated carbocycles. The molecule has 6 heteroatoms. The molecular weight excluding hydrogens is 324 g/mol. The Kier molecular flexibility index (Phi) is 4.01. The minimum atomic E-state index is -0.502. The van der Waals surface area contributed by atoms with Crippen molar-refractivity contribution in [2.45, 2.75) is 6.92 Å². The van der Waals surface area contributed by atoms with Crippen LogP contribution in [0.2, 0.25) is 0 Å². The zero-order valence-electron chi connectivity index (χ0n) is 10.5. The third-order valence-corrected chi connectivity index (χ3v) is 3.01. The third kappa shape index (κ3) is 3.13. The molecule has 100 valence electrons. The molecule has 0 bridgehead atoms. The number of benzene rings is 2. The Morgan fingerprint density at radius 1 is 1.30 bits per heavy atom. The Balaban J connectivity index is 2.40. The quantitative estimate of drug-likeness (QED) is 0.619. The van der Waals surface area contributed by atoms with Crippen molar-refractivity contribution in [1.82, 2.24) is 0 Å². The summed E-state index contributed by atoms with van der Waals surface area (Å²) >= 11 is 3.19. The lowest BCUT2D eigenvalue weighted by Gasteiger charge is -2.08. The molecular formula is C14H9BrN2O3. The lowest BCUT2D eigenvalue weighted by molar-refractivity contribution is -0.385. The van der Waals surface area contributed by atoms with Crippen LogP contribution in [-0.2, 0) is 0 Å². The van der Waals surface area contributed by atoms with Gasteiger partial charge in [0.1, 0.15) is 17.6 Å². The lowest BCUT2D eigenvalue weighted by Crippen LogP contribution is -1.92. The predicted octanol–water partition coefficient (Wildman–Crippen LogP) is 4.33. The molecule has 0 aliphatic rings. The number of halogens is 1. The van der Waals surface area contributed by atoms with Crippen LogP contribution < -0.4 is 4.74 Å². The van der Waals surface area contributed by atoms with Crippen molar-refractivity contribution in [2.24, 2.45) is 0 Å². The van der Waals surface area contributed by atoms with Crippen LogP contribution in [0, 0.1) is 28.4 Å². The van der Waals surface area contributed by atoms with Gasteiger partial charge in [0.05, 0.1) is 16.6 Å². The second-order valence-electron chi connectivity index (χ2n) is 4.12. The van der Waals surface area contributed by atoms with Gasteiger partial charge < -0.3 is 4.74 Å². The SMILES string of the molecule is Cc1ccc(Oc2cc(Br)cc([N+](=O)[O-])c2)c(C#N)c1. The number of aryl methyl sites for hydroxylation is 1. The molecule has 0 fully saturated rings. The number of nitrogens with zero attached hydrogens (tertiary/aromatic N) is 2.